The van der Waals surface area contributed by atoms with E-state index in [1.165, 1.54) is 24.5 Å². The lowest BCUT2D eigenvalue weighted by atomic mass is 10.2. The van der Waals surface area contributed by atoms with E-state index in [0.29, 0.717) is 5.75 Å². The number of nitrogens with zero attached hydrogens (tertiary/aromatic N) is 3. The number of halogens is 2. The van der Waals surface area contributed by atoms with Crippen molar-refractivity contribution in [1.82, 2.24) is 14.8 Å². The Labute approximate surface area is 148 Å². The molecule has 2 aromatic carbocycles. The second kappa shape index (κ2) is 7.08. The average molecular weight is 384 g/mol. The van der Waals surface area contributed by atoms with Crippen LogP contribution < -0.4 is 8.92 Å². The quantitative estimate of drug-likeness (QED) is 0.608. The van der Waals surface area contributed by atoms with Crippen LogP contribution in [0.15, 0.2) is 55.1 Å². The number of rotatable bonds is 6. The van der Waals surface area contributed by atoms with E-state index in [0.717, 1.165) is 11.3 Å². The van der Waals surface area contributed by atoms with Crippen molar-refractivity contribution in [2.45, 2.75) is 6.61 Å². The lowest BCUT2D eigenvalue weighted by molar-refractivity contribution is 0.306. The fourth-order valence-electron chi connectivity index (χ4n) is 2.00. The van der Waals surface area contributed by atoms with Gasteiger partial charge in [-0.15, -0.1) is 0 Å². The molecule has 7 nitrogen and oxygen atoms in total. The van der Waals surface area contributed by atoms with Crippen LogP contribution in [0.4, 0.5) is 3.89 Å². The Kier molecular flexibility index (Phi) is 4.86. The average Bonchev–Trinajstić information content (AvgIpc) is 3.09. The van der Waals surface area contributed by atoms with Crippen LogP contribution in [0.5, 0.6) is 11.5 Å². The summed E-state index contributed by atoms with van der Waals surface area (Å²) in [5.41, 5.74) is 1.75. The molecule has 130 valence electrons. The van der Waals surface area contributed by atoms with Crippen LogP contribution in [0.2, 0.25) is 5.02 Å². The van der Waals surface area contributed by atoms with Crippen LogP contribution in [0, 0.1) is 0 Å². The van der Waals surface area contributed by atoms with Gasteiger partial charge in [-0.25, -0.2) is 9.67 Å². The molecule has 0 radical (unpaired) electrons. The van der Waals surface area contributed by atoms with E-state index < -0.39 is 10.5 Å². The van der Waals surface area contributed by atoms with Crippen molar-refractivity contribution < 1.29 is 21.2 Å². The molecule has 1 aromatic heterocycles. The topological polar surface area (TPSA) is 83.3 Å². The second-order valence-corrected chi connectivity index (χ2v) is 6.22. The molecule has 0 saturated carbocycles. The predicted octanol–water partition coefficient (Wildman–Crippen LogP) is 3.09. The molecule has 0 aliphatic carbocycles. The van der Waals surface area contributed by atoms with Gasteiger partial charge in [-0.05, 0) is 29.8 Å². The van der Waals surface area contributed by atoms with E-state index in [-0.39, 0.29) is 17.4 Å². The Bertz CT molecular complexity index is 963. The van der Waals surface area contributed by atoms with Crippen molar-refractivity contribution in [3.8, 4) is 17.2 Å². The van der Waals surface area contributed by atoms with Gasteiger partial charge in [-0.1, -0.05) is 27.6 Å². The summed E-state index contributed by atoms with van der Waals surface area (Å²) in [6.45, 7) is 0.260. The summed E-state index contributed by atoms with van der Waals surface area (Å²) in [6, 6.07) is 11.4. The van der Waals surface area contributed by atoms with Crippen LogP contribution in [-0.2, 0) is 17.1 Å². The molecule has 0 spiro atoms. The zero-order chi connectivity index (χ0) is 17.9. The fourth-order valence-corrected chi connectivity index (χ4v) is 2.61. The first-order chi connectivity index (χ1) is 11.9. The van der Waals surface area contributed by atoms with E-state index in [1.54, 1.807) is 11.0 Å². The molecule has 0 unspecified atom stereocenters. The number of ether oxygens (including phenoxy) is 1. The molecule has 3 aromatic rings. The second-order valence-electron chi connectivity index (χ2n) is 4.86. The predicted molar refractivity (Wildman–Crippen MR) is 87.8 cm³/mol. The summed E-state index contributed by atoms with van der Waals surface area (Å²) < 4.78 is 44.8. The van der Waals surface area contributed by atoms with Crippen molar-refractivity contribution in [2.75, 3.05) is 0 Å². The SMILES string of the molecule is O=S(=O)(F)Oc1ccc(OCc2ccc(-n3cncn3)cc2)cc1Cl. The normalized spacial score (nSPS) is 11.3. The van der Waals surface area contributed by atoms with Gasteiger partial charge in [0.05, 0.1) is 10.7 Å². The summed E-state index contributed by atoms with van der Waals surface area (Å²) in [5.74, 6) is 0.0719. The van der Waals surface area contributed by atoms with Gasteiger partial charge in [0.25, 0.3) is 0 Å². The van der Waals surface area contributed by atoms with Crippen molar-refractivity contribution >= 4 is 22.1 Å². The first-order valence-corrected chi connectivity index (χ1v) is 8.60. The minimum atomic E-state index is -5.13. The number of hydrogen-bond donors (Lipinski definition) is 0. The van der Waals surface area contributed by atoms with Gasteiger partial charge < -0.3 is 8.92 Å². The highest BCUT2D eigenvalue weighted by Crippen LogP contribution is 2.30. The van der Waals surface area contributed by atoms with Gasteiger partial charge >= 0.3 is 10.5 Å². The van der Waals surface area contributed by atoms with E-state index >= 15 is 0 Å². The third-order valence-corrected chi connectivity index (χ3v) is 3.79. The minimum Gasteiger partial charge on any atom is -0.489 e. The Morgan fingerprint density at radius 2 is 1.92 bits per heavy atom. The summed E-state index contributed by atoms with van der Waals surface area (Å²) >= 11 is 5.84. The monoisotopic (exact) mass is 383 g/mol. The Hall–Kier alpha value is -2.65. The van der Waals surface area contributed by atoms with E-state index in [1.807, 2.05) is 24.3 Å². The van der Waals surface area contributed by atoms with Crippen LogP contribution in [0.3, 0.4) is 0 Å². The number of aromatic nitrogens is 3. The molecule has 1 heterocycles. The molecule has 10 heteroatoms. The summed E-state index contributed by atoms with van der Waals surface area (Å²) in [6.07, 6.45) is 3.04. The van der Waals surface area contributed by atoms with Crippen molar-refractivity contribution in [1.29, 1.82) is 0 Å². The minimum absolute atomic E-state index is 0.0831. The van der Waals surface area contributed by atoms with Crippen LogP contribution in [-0.4, -0.2) is 23.2 Å². The maximum atomic E-state index is 12.5. The van der Waals surface area contributed by atoms with E-state index in [9.17, 15) is 12.3 Å². The van der Waals surface area contributed by atoms with Crippen molar-refractivity contribution in [2.24, 2.45) is 0 Å². The molecule has 0 amide bonds. The molecule has 0 bridgehead atoms. The van der Waals surface area contributed by atoms with Gasteiger partial charge in [-0.3, -0.25) is 0 Å². The highest BCUT2D eigenvalue weighted by atomic mass is 35.5. The lowest BCUT2D eigenvalue weighted by Crippen LogP contribution is -2.02. The third kappa shape index (κ3) is 4.68. The van der Waals surface area contributed by atoms with Crippen molar-refractivity contribution in [3.05, 3.63) is 65.7 Å². The molecule has 0 atom stereocenters. The van der Waals surface area contributed by atoms with Crippen molar-refractivity contribution in [3.63, 3.8) is 0 Å². The van der Waals surface area contributed by atoms with Gasteiger partial charge in [-0.2, -0.15) is 13.5 Å². The molecule has 0 aliphatic heterocycles. The largest absolute Gasteiger partial charge is 0.489 e. The summed E-state index contributed by atoms with van der Waals surface area (Å²) in [4.78, 5) is 3.88. The highest BCUT2D eigenvalue weighted by molar-refractivity contribution is 7.81. The van der Waals surface area contributed by atoms with Crippen LogP contribution in [0.1, 0.15) is 5.56 Å². The molecular weight excluding hydrogens is 373 g/mol. The van der Waals surface area contributed by atoms with Gasteiger partial charge in [0, 0.05) is 6.07 Å². The molecule has 0 fully saturated rings. The molecule has 0 N–H and O–H groups in total. The third-order valence-electron chi connectivity index (χ3n) is 3.12. The molecule has 0 saturated heterocycles. The zero-order valence-corrected chi connectivity index (χ0v) is 14.1. The van der Waals surface area contributed by atoms with Crippen LogP contribution >= 0.6 is 11.6 Å². The van der Waals surface area contributed by atoms with E-state index in [2.05, 4.69) is 14.3 Å². The molecule has 0 aliphatic rings. The highest BCUT2D eigenvalue weighted by Gasteiger charge is 2.13. The summed E-state index contributed by atoms with van der Waals surface area (Å²) in [5, 5.41) is 3.95. The Morgan fingerprint density at radius 3 is 2.52 bits per heavy atom. The first-order valence-electron chi connectivity index (χ1n) is 6.91. The van der Waals surface area contributed by atoms with Crippen LogP contribution in [0.25, 0.3) is 5.69 Å². The Balaban J connectivity index is 1.64. The Morgan fingerprint density at radius 1 is 1.16 bits per heavy atom. The summed E-state index contributed by atoms with van der Waals surface area (Å²) in [7, 11) is -5.13. The lowest BCUT2D eigenvalue weighted by Gasteiger charge is -2.09. The molecule has 3 rings (SSSR count). The molecule has 25 heavy (non-hydrogen) atoms. The fraction of sp³-hybridized carbons (Fsp3) is 0.0667. The standard InChI is InChI=1S/C15H11ClFN3O4S/c16-14-7-13(5-6-15(14)24-25(17,21)22)23-8-11-1-3-12(4-2-11)20-10-18-9-19-20/h1-7,9-10H,8H2. The zero-order valence-electron chi connectivity index (χ0n) is 12.5. The van der Waals surface area contributed by atoms with E-state index in [4.69, 9.17) is 16.3 Å². The van der Waals surface area contributed by atoms with Gasteiger partial charge in [0.15, 0.2) is 5.75 Å². The maximum absolute atomic E-state index is 12.5. The first kappa shape index (κ1) is 17.2. The van der Waals surface area contributed by atoms with Gasteiger partial charge in [0.2, 0.25) is 0 Å². The number of benzene rings is 2. The maximum Gasteiger partial charge on any atom is 0.488 e. The smallest absolute Gasteiger partial charge is 0.488 e. The number of hydrogen-bond acceptors (Lipinski definition) is 6. The molecular formula is C15H11ClFN3O4S. The van der Waals surface area contributed by atoms with Gasteiger partial charge in [0.1, 0.15) is 25.0 Å².